The minimum absolute atomic E-state index is 0.209. The number of carbonyl (C=O) groups excluding carboxylic acids is 2. The molecule has 2 atom stereocenters. The second-order valence-corrected chi connectivity index (χ2v) is 6.54. The van der Waals surface area contributed by atoms with Crippen LogP contribution < -0.4 is 0 Å². The number of carbonyl (C=O) groups is 2. The van der Waals surface area contributed by atoms with E-state index in [4.69, 9.17) is 0 Å². The lowest BCUT2D eigenvalue weighted by atomic mass is 9.94. The summed E-state index contributed by atoms with van der Waals surface area (Å²) >= 11 is 0. The minimum atomic E-state index is -0.367. The maximum absolute atomic E-state index is 12.5. The van der Waals surface area contributed by atoms with Gasteiger partial charge in [0.25, 0.3) is 5.91 Å². The van der Waals surface area contributed by atoms with Crippen LogP contribution >= 0.6 is 0 Å². The number of hydrogen-bond acceptors (Lipinski definition) is 3. The summed E-state index contributed by atoms with van der Waals surface area (Å²) < 4.78 is 1.98. The van der Waals surface area contributed by atoms with Crippen molar-refractivity contribution in [3.8, 4) is 0 Å². The first-order chi connectivity index (χ1) is 12.2. The number of hydrogen-bond donors (Lipinski definition) is 1. The molecule has 6 heteroatoms. The third-order valence-corrected chi connectivity index (χ3v) is 5.01. The Balaban J connectivity index is 1.61. The third-order valence-electron chi connectivity index (χ3n) is 5.01. The number of ketones is 1. The number of benzene rings is 1. The van der Waals surface area contributed by atoms with Crippen LogP contribution in [-0.4, -0.2) is 37.7 Å². The maximum atomic E-state index is 12.5. The molecule has 1 fully saturated rings. The summed E-state index contributed by atoms with van der Waals surface area (Å²) in [4.78, 5) is 33.8. The Morgan fingerprint density at radius 1 is 1.20 bits per heavy atom. The van der Waals surface area contributed by atoms with Crippen molar-refractivity contribution in [1.82, 2.24) is 19.4 Å². The number of Topliss-reactive ketones (excluding diaryl/α,β-unsaturated/α-hetero) is 1. The van der Waals surface area contributed by atoms with Crippen LogP contribution in [-0.2, 0) is 16.1 Å². The van der Waals surface area contributed by atoms with E-state index in [2.05, 4.69) is 9.97 Å². The fourth-order valence-corrected chi connectivity index (χ4v) is 3.74. The lowest BCUT2D eigenvalue weighted by molar-refractivity contribution is -0.141. The zero-order chi connectivity index (χ0) is 17.4. The molecule has 3 heterocycles. The molecule has 6 nitrogen and oxygen atoms in total. The molecule has 128 valence electrons. The standard InChI is InChI=1S/C19H20N4O2/c1-13-17(15-11-21-16-6-3-2-5-14(15)16)23(19(25)18(13)24)9-4-8-22-10-7-20-12-22/h2-3,5-7,10-13,17,21H,4,8-9H2,1H3. The van der Waals surface area contributed by atoms with Gasteiger partial charge in [0.2, 0.25) is 5.78 Å². The summed E-state index contributed by atoms with van der Waals surface area (Å²) in [5, 5.41) is 1.07. The molecule has 1 saturated heterocycles. The molecule has 25 heavy (non-hydrogen) atoms. The quantitative estimate of drug-likeness (QED) is 0.728. The monoisotopic (exact) mass is 336 g/mol. The van der Waals surface area contributed by atoms with E-state index in [1.807, 2.05) is 48.1 Å². The van der Waals surface area contributed by atoms with Gasteiger partial charge in [-0.1, -0.05) is 25.1 Å². The number of imidazole rings is 1. The second-order valence-electron chi connectivity index (χ2n) is 6.54. The van der Waals surface area contributed by atoms with Crippen molar-refractivity contribution < 1.29 is 9.59 Å². The predicted molar refractivity (Wildman–Crippen MR) is 93.8 cm³/mol. The zero-order valence-corrected chi connectivity index (χ0v) is 14.1. The number of H-pyrrole nitrogens is 1. The topological polar surface area (TPSA) is 71.0 Å². The number of likely N-dealkylation sites (tertiary alicyclic amines) is 1. The van der Waals surface area contributed by atoms with Gasteiger partial charge in [-0.15, -0.1) is 0 Å². The van der Waals surface area contributed by atoms with Crippen molar-refractivity contribution in [3.63, 3.8) is 0 Å². The first kappa shape index (κ1) is 15.6. The van der Waals surface area contributed by atoms with Gasteiger partial charge in [0.05, 0.1) is 12.4 Å². The zero-order valence-electron chi connectivity index (χ0n) is 14.1. The summed E-state index contributed by atoms with van der Waals surface area (Å²) in [6, 6.07) is 7.78. The molecule has 1 aromatic carbocycles. The smallest absolute Gasteiger partial charge is 0.290 e. The Hall–Kier alpha value is -2.89. The summed E-state index contributed by atoms with van der Waals surface area (Å²) in [5.41, 5.74) is 2.04. The lowest BCUT2D eigenvalue weighted by Crippen LogP contribution is -2.31. The second kappa shape index (κ2) is 6.20. The SMILES string of the molecule is CC1C(=O)C(=O)N(CCCn2ccnc2)C1c1c[nH]c2ccccc12. The number of para-hydroxylation sites is 1. The molecular weight excluding hydrogens is 316 g/mol. The van der Waals surface area contributed by atoms with E-state index in [1.54, 1.807) is 17.4 Å². The first-order valence-electron chi connectivity index (χ1n) is 8.53. The van der Waals surface area contributed by atoms with Crippen molar-refractivity contribution in [2.24, 2.45) is 5.92 Å². The van der Waals surface area contributed by atoms with Crippen LogP contribution in [0.15, 0.2) is 49.2 Å². The van der Waals surface area contributed by atoms with Crippen LogP contribution in [0.3, 0.4) is 0 Å². The van der Waals surface area contributed by atoms with Gasteiger partial charge in [-0.25, -0.2) is 4.98 Å². The number of aromatic nitrogens is 3. The summed E-state index contributed by atoms with van der Waals surface area (Å²) in [5.74, 6) is -0.994. The lowest BCUT2D eigenvalue weighted by Gasteiger charge is -2.26. The van der Waals surface area contributed by atoms with Gasteiger partial charge in [-0.05, 0) is 12.5 Å². The highest BCUT2D eigenvalue weighted by Gasteiger charge is 2.45. The van der Waals surface area contributed by atoms with Gasteiger partial charge in [0.15, 0.2) is 0 Å². The molecule has 1 aliphatic rings. The van der Waals surface area contributed by atoms with Crippen LogP contribution in [0.2, 0.25) is 0 Å². The average molecular weight is 336 g/mol. The van der Waals surface area contributed by atoms with Crippen LogP contribution in [0, 0.1) is 5.92 Å². The number of rotatable bonds is 5. The molecule has 0 bridgehead atoms. The minimum Gasteiger partial charge on any atom is -0.361 e. The van der Waals surface area contributed by atoms with E-state index in [1.165, 1.54) is 0 Å². The number of aryl methyl sites for hydroxylation is 1. The Kier molecular flexibility index (Phi) is 3.87. The van der Waals surface area contributed by atoms with Crippen LogP contribution in [0.5, 0.6) is 0 Å². The first-order valence-corrected chi connectivity index (χ1v) is 8.53. The molecule has 2 aromatic heterocycles. The molecule has 1 N–H and O–H groups in total. The van der Waals surface area contributed by atoms with E-state index in [0.29, 0.717) is 6.54 Å². The number of nitrogens with one attached hydrogen (secondary N) is 1. The molecule has 1 amide bonds. The van der Waals surface area contributed by atoms with Crippen molar-refractivity contribution in [2.45, 2.75) is 25.9 Å². The normalized spacial score (nSPS) is 20.8. The maximum Gasteiger partial charge on any atom is 0.290 e. The van der Waals surface area contributed by atoms with Gasteiger partial charge in [0.1, 0.15) is 0 Å². The van der Waals surface area contributed by atoms with Crippen molar-refractivity contribution >= 4 is 22.6 Å². The Labute approximate surface area is 145 Å². The highest BCUT2D eigenvalue weighted by molar-refractivity contribution is 6.39. The van der Waals surface area contributed by atoms with E-state index >= 15 is 0 Å². The molecule has 3 aromatic rings. The summed E-state index contributed by atoms with van der Waals surface area (Å²) in [6.07, 6.45) is 8.11. The third kappa shape index (κ3) is 2.63. The number of aromatic amines is 1. The average Bonchev–Trinajstić information content (AvgIpc) is 3.33. The van der Waals surface area contributed by atoms with Crippen LogP contribution in [0.4, 0.5) is 0 Å². The van der Waals surface area contributed by atoms with Crippen LogP contribution in [0.1, 0.15) is 24.9 Å². The summed E-state index contributed by atoms with van der Waals surface area (Å²) in [7, 11) is 0. The van der Waals surface area contributed by atoms with Gasteiger partial charge < -0.3 is 14.5 Å². The van der Waals surface area contributed by atoms with Crippen molar-refractivity contribution in [3.05, 3.63) is 54.7 Å². The Morgan fingerprint density at radius 3 is 2.84 bits per heavy atom. The molecule has 2 unspecified atom stereocenters. The molecule has 0 radical (unpaired) electrons. The molecule has 4 rings (SSSR count). The molecule has 1 aliphatic heterocycles. The van der Waals surface area contributed by atoms with E-state index < -0.39 is 0 Å². The van der Waals surface area contributed by atoms with Gasteiger partial charge in [0, 0.05) is 54.1 Å². The van der Waals surface area contributed by atoms with E-state index in [-0.39, 0.29) is 23.7 Å². The highest BCUT2D eigenvalue weighted by Crippen LogP contribution is 2.39. The van der Waals surface area contributed by atoms with Crippen molar-refractivity contribution in [2.75, 3.05) is 6.54 Å². The fraction of sp³-hybridized carbons (Fsp3) is 0.316. The van der Waals surface area contributed by atoms with E-state index in [0.717, 1.165) is 29.4 Å². The van der Waals surface area contributed by atoms with Gasteiger partial charge in [-0.3, -0.25) is 9.59 Å². The summed E-state index contributed by atoms with van der Waals surface area (Å²) in [6.45, 7) is 3.17. The van der Waals surface area contributed by atoms with Crippen molar-refractivity contribution in [1.29, 1.82) is 0 Å². The Bertz CT molecular complexity index is 913. The molecule has 0 aliphatic carbocycles. The number of fused-ring (bicyclic) bond motifs is 1. The molecule has 0 spiro atoms. The Morgan fingerprint density at radius 2 is 2.04 bits per heavy atom. The van der Waals surface area contributed by atoms with E-state index in [9.17, 15) is 9.59 Å². The molecule has 0 saturated carbocycles. The van der Waals surface area contributed by atoms with Gasteiger partial charge in [-0.2, -0.15) is 0 Å². The largest absolute Gasteiger partial charge is 0.361 e. The van der Waals surface area contributed by atoms with Gasteiger partial charge >= 0.3 is 0 Å². The van der Waals surface area contributed by atoms with Crippen LogP contribution in [0.25, 0.3) is 10.9 Å². The fourth-order valence-electron chi connectivity index (χ4n) is 3.74. The number of amides is 1. The molecular formula is C19H20N4O2. The predicted octanol–water partition coefficient (Wildman–Crippen LogP) is 2.54. The number of nitrogens with zero attached hydrogens (tertiary/aromatic N) is 3. The highest BCUT2D eigenvalue weighted by atomic mass is 16.2.